The number of rotatable bonds is 5. The van der Waals surface area contributed by atoms with Gasteiger partial charge in [-0.2, -0.15) is 5.26 Å². The van der Waals surface area contributed by atoms with Crippen molar-refractivity contribution >= 4 is 21.9 Å². The summed E-state index contributed by atoms with van der Waals surface area (Å²) in [6, 6.07) is 24.2. The minimum absolute atomic E-state index is 0.0545. The van der Waals surface area contributed by atoms with Gasteiger partial charge >= 0.3 is 5.63 Å². The zero-order valence-electron chi connectivity index (χ0n) is 21.2. The molecule has 0 radical (unpaired) electrons. The van der Waals surface area contributed by atoms with E-state index in [0.717, 1.165) is 10.9 Å². The molecule has 6 rings (SSSR count). The summed E-state index contributed by atoms with van der Waals surface area (Å²) in [5.41, 5.74) is 9.04. The highest BCUT2D eigenvalue weighted by Crippen LogP contribution is 2.48. The predicted molar refractivity (Wildman–Crippen MR) is 146 cm³/mol. The van der Waals surface area contributed by atoms with Gasteiger partial charge in [-0.15, -0.1) is 0 Å². The Balaban J connectivity index is 1.68. The molecule has 1 aliphatic rings. The van der Waals surface area contributed by atoms with Gasteiger partial charge < -0.3 is 24.4 Å². The second-order valence-electron chi connectivity index (χ2n) is 9.25. The van der Waals surface area contributed by atoms with Crippen molar-refractivity contribution in [3.05, 3.63) is 111 Å². The van der Waals surface area contributed by atoms with E-state index in [0.29, 0.717) is 44.9 Å². The number of nitrogens with two attached hydrogens (primary N) is 1. The molecule has 1 atom stereocenters. The van der Waals surface area contributed by atoms with E-state index in [-0.39, 0.29) is 23.7 Å². The van der Waals surface area contributed by atoms with Crippen LogP contribution in [0.2, 0.25) is 0 Å². The number of hydrogen-bond acceptors (Lipinski definition) is 8. The number of ether oxygens (including phenoxy) is 3. The molecule has 5 aromatic rings. The van der Waals surface area contributed by atoms with Crippen molar-refractivity contribution in [1.82, 2.24) is 4.98 Å². The Bertz CT molecular complexity index is 1890. The lowest BCUT2D eigenvalue weighted by Gasteiger charge is -2.29. The molecule has 8 heteroatoms. The van der Waals surface area contributed by atoms with Gasteiger partial charge in [0.05, 0.1) is 42.0 Å². The van der Waals surface area contributed by atoms with Crippen LogP contribution < -0.4 is 25.6 Å². The van der Waals surface area contributed by atoms with Crippen LogP contribution in [-0.2, 0) is 0 Å². The third kappa shape index (κ3) is 4.20. The van der Waals surface area contributed by atoms with Crippen LogP contribution in [0.5, 0.6) is 23.1 Å². The number of fused-ring (bicyclic) bond motifs is 4. The summed E-state index contributed by atoms with van der Waals surface area (Å²) in [4.78, 5) is 18.4. The third-order valence-electron chi connectivity index (χ3n) is 6.77. The average Bonchev–Trinajstić information content (AvgIpc) is 2.94. The Labute approximate surface area is 223 Å². The standard InChI is InChI=1S/C31H23N3O5/c1-17-8-11-25-22(14-17)28-27(31(35)38-25)26(21(12-13-32)29(33)39-28)23-16-18-15-20(36-2)9-10-24(18)34-30(23)37-19-6-4-3-5-7-19/h3-11,14-16,26H,12,33H2,1-2H3. The van der Waals surface area contributed by atoms with Gasteiger partial charge in [0.1, 0.15) is 17.1 Å². The van der Waals surface area contributed by atoms with Crippen LogP contribution >= 0.6 is 0 Å². The van der Waals surface area contributed by atoms with Crippen molar-refractivity contribution in [2.75, 3.05) is 7.11 Å². The number of benzene rings is 3. The number of aromatic nitrogens is 1. The second kappa shape index (κ2) is 9.54. The monoisotopic (exact) mass is 517 g/mol. The molecule has 2 N–H and O–H groups in total. The van der Waals surface area contributed by atoms with E-state index >= 15 is 0 Å². The molecule has 0 saturated carbocycles. The van der Waals surface area contributed by atoms with Crippen molar-refractivity contribution in [3.63, 3.8) is 0 Å². The minimum Gasteiger partial charge on any atom is -0.497 e. The lowest BCUT2D eigenvalue weighted by Crippen LogP contribution is -2.27. The van der Waals surface area contributed by atoms with Crippen molar-refractivity contribution in [2.45, 2.75) is 19.3 Å². The van der Waals surface area contributed by atoms with Crippen LogP contribution in [0.3, 0.4) is 0 Å². The first kappa shape index (κ1) is 24.1. The molecule has 39 heavy (non-hydrogen) atoms. The molecule has 8 nitrogen and oxygen atoms in total. The van der Waals surface area contributed by atoms with Crippen LogP contribution in [0.25, 0.3) is 21.9 Å². The summed E-state index contributed by atoms with van der Waals surface area (Å²) in [6.07, 6.45) is -0.0812. The minimum atomic E-state index is -0.809. The third-order valence-corrected chi connectivity index (χ3v) is 6.77. The Hall–Kier alpha value is -5.29. The Morgan fingerprint density at radius 2 is 1.87 bits per heavy atom. The lowest BCUT2D eigenvalue weighted by molar-refractivity contribution is 0.379. The molecule has 0 bridgehead atoms. The van der Waals surface area contributed by atoms with E-state index in [9.17, 15) is 10.1 Å². The highest BCUT2D eigenvalue weighted by atomic mass is 16.5. The SMILES string of the molecule is COc1ccc2nc(Oc3ccccc3)c(C3C(CC#N)=C(N)Oc4c3c(=O)oc3ccc(C)cc43)cc2c1. The number of pyridine rings is 1. The molecular weight excluding hydrogens is 494 g/mol. The number of methoxy groups -OCH3 is 1. The van der Waals surface area contributed by atoms with Gasteiger partial charge in [-0.3, -0.25) is 0 Å². The van der Waals surface area contributed by atoms with E-state index in [1.807, 2.05) is 73.7 Å². The highest BCUT2D eigenvalue weighted by molar-refractivity contribution is 5.87. The molecule has 0 amide bonds. The maximum Gasteiger partial charge on any atom is 0.344 e. The van der Waals surface area contributed by atoms with Gasteiger partial charge in [-0.1, -0.05) is 29.8 Å². The van der Waals surface area contributed by atoms with E-state index in [2.05, 4.69) is 6.07 Å². The van der Waals surface area contributed by atoms with Crippen molar-refractivity contribution in [3.8, 4) is 29.2 Å². The van der Waals surface area contributed by atoms with E-state index in [1.54, 1.807) is 13.2 Å². The normalized spacial score (nSPS) is 14.5. The Kier molecular flexibility index (Phi) is 5.89. The first-order chi connectivity index (χ1) is 19.0. The van der Waals surface area contributed by atoms with Crippen molar-refractivity contribution in [1.29, 1.82) is 5.26 Å². The van der Waals surface area contributed by atoms with Gasteiger partial charge in [0.15, 0.2) is 11.6 Å². The Morgan fingerprint density at radius 3 is 2.64 bits per heavy atom. The molecular formula is C31H23N3O5. The van der Waals surface area contributed by atoms with Gasteiger partial charge in [0, 0.05) is 16.5 Å². The first-order valence-electron chi connectivity index (χ1n) is 12.3. The molecule has 1 unspecified atom stereocenters. The fraction of sp³-hybridized carbons (Fsp3) is 0.129. The fourth-order valence-corrected chi connectivity index (χ4v) is 4.94. The summed E-state index contributed by atoms with van der Waals surface area (Å²) >= 11 is 0. The first-order valence-corrected chi connectivity index (χ1v) is 12.3. The molecule has 2 aromatic heterocycles. The molecule has 1 aliphatic heterocycles. The molecule has 192 valence electrons. The Morgan fingerprint density at radius 1 is 1.05 bits per heavy atom. The van der Waals surface area contributed by atoms with Crippen LogP contribution in [0, 0.1) is 18.3 Å². The number of nitriles is 1. The average molecular weight is 518 g/mol. The predicted octanol–water partition coefficient (Wildman–Crippen LogP) is 6.06. The molecule has 0 spiro atoms. The molecule has 0 aliphatic carbocycles. The summed E-state index contributed by atoms with van der Waals surface area (Å²) in [7, 11) is 1.59. The van der Waals surface area contributed by atoms with Gasteiger partial charge in [0.2, 0.25) is 5.88 Å². The van der Waals surface area contributed by atoms with Gasteiger partial charge in [0.25, 0.3) is 0 Å². The number of aryl methyl sites for hydroxylation is 1. The summed E-state index contributed by atoms with van der Waals surface area (Å²) in [5, 5.41) is 11.1. The number of para-hydroxylation sites is 1. The van der Waals surface area contributed by atoms with Crippen molar-refractivity contribution < 1.29 is 18.6 Å². The largest absolute Gasteiger partial charge is 0.497 e. The second-order valence-corrected chi connectivity index (χ2v) is 9.25. The quantitative estimate of drug-likeness (QED) is 0.279. The van der Waals surface area contributed by atoms with E-state index in [1.165, 1.54) is 0 Å². The van der Waals surface area contributed by atoms with Gasteiger partial charge in [-0.05, 0) is 55.5 Å². The van der Waals surface area contributed by atoms with E-state index < -0.39 is 11.5 Å². The zero-order chi connectivity index (χ0) is 27.1. The molecule has 0 fully saturated rings. The number of nitrogens with zero attached hydrogens (tertiary/aromatic N) is 2. The van der Waals surface area contributed by atoms with Crippen LogP contribution in [-0.4, -0.2) is 12.1 Å². The molecule has 0 saturated heterocycles. The highest BCUT2D eigenvalue weighted by Gasteiger charge is 2.37. The summed E-state index contributed by atoms with van der Waals surface area (Å²) in [5.74, 6) is 1.02. The maximum absolute atomic E-state index is 13.6. The smallest absolute Gasteiger partial charge is 0.344 e. The molecule has 3 aromatic carbocycles. The lowest BCUT2D eigenvalue weighted by atomic mass is 9.82. The van der Waals surface area contributed by atoms with Crippen LogP contribution in [0.15, 0.2) is 93.5 Å². The van der Waals surface area contributed by atoms with Crippen molar-refractivity contribution in [2.24, 2.45) is 5.73 Å². The number of allylic oxidation sites excluding steroid dienone is 1. The summed E-state index contributed by atoms with van der Waals surface area (Å²) < 4.78 is 23.5. The summed E-state index contributed by atoms with van der Waals surface area (Å²) in [6.45, 7) is 1.93. The van der Waals surface area contributed by atoms with E-state index in [4.69, 9.17) is 29.3 Å². The number of hydrogen-bond donors (Lipinski definition) is 1. The molecule has 3 heterocycles. The zero-order valence-corrected chi connectivity index (χ0v) is 21.2. The van der Waals surface area contributed by atoms with Crippen LogP contribution in [0.4, 0.5) is 0 Å². The topological polar surface area (TPSA) is 121 Å². The maximum atomic E-state index is 13.6. The van der Waals surface area contributed by atoms with Crippen LogP contribution in [0.1, 0.15) is 29.0 Å². The fourth-order valence-electron chi connectivity index (χ4n) is 4.94. The van der Waals surface area contributed by atoms with Gasteiger partial charge in [-0.25, -0.2) is 9.78 Å².